The lowest BCUT2D eigenvalue weighted by molar-refractivity contribution is 0.0939. The number of carbonyl (C=O) groups is 1. The summed E-state index contributed by atoms with van der Waals surface area (Å²) in [4.78, 5) is 31.0. The Kier molecular flexibility index (Phi) is 4.68. The lowest BCUT2D eigenvalue weighted by Gasteiger charge is -2.19. The Hall–Kier alpha value is -4.85. The molecule has 33 heavy (non-hydrogen) atoms. The molecule has 5 rings (SSSR count). The van der Waals surface area contributed by atoms with Crippen LogP contribution < -0.4 is 21.9 Å². The highest BCUT2D eigenvalue weighted by Gasteiger charge is 2.27. The molecule has 1 aromatic carbocycles. The number of terminal acetylenes is 1. The van der Waals surface area contributed by atoms with Crippen LogP contribution in [-0.2, 0) is 0 Å². The van der Waals surface area contributed by atoms with Gasteiger partial charge in [0.25, 0.3) is 17.2 Å². The fourth-order valence-electron chi connectivity index (χ4n) is 3.73. The number of carbonyl (C=O) groups excluding carboxylic acids is 1. The number of nitrogens with two attached hydrogens (primary N) is 1. The van der Waals surface area contributed by atoms with E-state index in [-0.39, 0.29) is 34.0 Å². The molecule has 3 aromatic heterocycles. The van der Waals surface area contributed by atoms with E-state index in [1.165, 1.54) is 9.25 Å². The summed E-state index contributed by atoms with van der Waals surface area (Å²) >= 11 is 0. The van der Waals surface area contributed by atoms with Gasteiger partial charge in [-0.25, -0.2) is 4.68 Å². The molecule has 4 aromatic rings. The molecular weight excluding hydrogens is 424 g/mol. The molecule has 1 amide bonds. The van der Waals surface area contributed by atoms with Gasteiger partial charge in [0.1, 0.15) is 22.6 Å². The SMILES string of the molecule is C#Cc1noc2nc(C(C)NC(=O)c3c(N)nn4c3NCC=C4)n(-c3ccccc3)c(=O)c12. The van der Waals surface area contributed by atoms with Crippen molar-refractivity contribution >= 4 is 34.8 Å². The maximum absolute atomic E-state index is 13.4. The molecular formula is C22H18N8O3. The van der Waals surface area contributed by atoms with Crippen LogP contribution in [0.25, 0.3) is 23.0 Å². The molecule has 4 heterocycles. The highest BCUT2D eigenvalue weighted by Crippen LogP contribution is 2.26. The van der Waals surface area contributed by atoms with Gasteiger partial charge >= 0.3 is 0 Å². The van der Waals surface area contributed by atoms with E-state index >= 15 is 0 Å². The van der Waals surface area contributed by atoms with Gasteiger partial charge in [-0.05, 0) is 31.1 Å². The summed E-state index contributed by atoms with van der Waals surface area (Å²) in [5.41, 5.74) is 6.35. The van der Waals surface area contributed by atoms with Crippen molar-refractivity contribution < 1.29 is 9.32 Å². The quantitative estimate of drug-likeness (QED) is 0.403. The van der Waals surface area contributed by atoms with E-state index in [1.54, 1.807) is 37.4 Å². The van der Waals surface area contributed by atoms with Gasteiger partial charge in [0, 0.05) is 12.7 Å². The van der Waals surface area contributed by atoms with Crippen molar-refractivity contribution in [1.29, 1.82) is 0 Å². The maximum atomic E-state index is 13.4. The summed E-state index contributed by atoms with van der Waals surface area (Å²) in [5.74, 6) is 2.66. The number of amides is 1. The van der Waals surface area contributed by atoms with E-state index in [1.807, 2.05) is 12.1 Å². The average molecular weight is 442 g/mol. The van der Waals surface area contributed by atoms with E-state index < -0.39 is 17.5 Å². The first-order valence-corrected chi connectivity index (χ1v) is 10.0. The van der Waals surface area contributed by atoms with E-state index in [0.29, 0.717) is 18.1 Å². The molecule has 0 spiro atoms. The van der Waals surface area contributed by atoms with Crippen LogP contribution in [0.1, 0.15) is 34.8 Å². The van der Waals surface area contributed by atoms with Gasteiger partial charge in [-0.1, -0.05) is 23.4 Å². The molecule has 164 valence electrons. The first kappa shape index (κ1) is 20.1. The number of hydrogen-bond donors (Lipinski definition) is 3. The van der Waals surface area contributed by atoms with Crippen molar-refractivity contribution in [3.8, 4) is 18.0 Å². The molecule has 0 saturated carbocycles. The van der Waals surface area contributed by atoms with E-state index in [4.69, 9.17) is 16.7 Å². The Morgan fingerprint density at radius 1 is 1.36 bits per heavy atom. The zero-order valence-corrected chi connectivity index (χ0v) is 17.4. The zero-order valence-electron chi connectivity index (χ0n) is 17.4. The van der Waals surface area contributed by atoms with Crippen molar-refractivity contribution in [2.24, 2.45) is 0 Å². The summed E-state index contributed by atoms with van der Waals surface area (Å²) in [6, 6.07) is 8.17. The molecule has 0 bridgehead atoms. The third-order valence-corrected chi connectivity index (χ3v) is 5.22. The number of nitrogen functional groups attached to an aromatic ring is 1. The number of para-hydroxylation sites is 1. The van der Waals surface area contributed by atoms with Gasteiger partial charge in [-0.15, -0.1) is 11.5 Å². The number of nitrogens with one attached hydrogen (secondary N) is 2. The molecule has 0 aliphatic carbocycles. The van der Waals surface area contributed by atoms with Crippen LogP contribution in [0.15, 0.2) is 45.7 Å². The second-order valence-corrected chi connectivity index (χ2v) is 7.32. The standard InChI is InChI=1S/C22H18N8O3/c1-3-14-15-21(33-28-14)26-18(30(22(15)32)13-8-5-4-6-9-13)12(2)25-20(31)16-17(23)27-29-11-7-10-24-19(16)29/h1,4-9,11-12,24H,10H2,2H3,(H2,23,27)(H,25,31). The van der Waals surface area contributed by atoms with E-state index in [9.17, 15) is 9.59 Å². The molecule has 0 radical (unpaired) electrons. The van der Waals surface area contributed by atoms with Gasteiger partial charge in [0.15, 0.2) is 11.5 Å². The third-order valence-electron chi connectivity index (χ3n) is 5.22. The number of rotatable bonds is 4. The first-order valence-electron chi connectivity index (χ1n) is 10.0. The molecule has 11 heteroatoms. The number of aromatic nitrogens is 5. The second kappa shape index (κ2) is 7.69. The lowest BCUT2D eigenvalue weighted by atomic mass is 10.2. The minimum absolute atomic E-state index is 0.00883. The minimum atomic E-state index is -0.719. The zero-order chi connectivity index (χ0) is 23.1. The molecule has 0 saturated heterocycles. The predicted octanol–water partition coefficient (Wildman–Crippen LogP) is 1.52. The molecule has 1 unspecified atom stereocenters. The summed E-state index contributed by atoms with van der Waals surface area (Å²) in [7, 11) is 0. The van der Waals surface area contributed by atoms with Crippen LogP contribution in [-0.4, -0.2) is 36.9 Å². The Bertz CT molecular complexity index is 1520. The smallest absolute Gasteiger partial charge is 0.272 e. The number of fused-ring (bicyclic) bond motifs is 2. The molecule has 1 aliphatic rings. The van der Waals surface area contributed by atoms with Crippen molar-refractivity contribution in [3.05, 3.63) is 63.8 Å². The van der Waals surface area contributed by atoms with E-state index in [2.05, 4.69) is 31.8 Å². The third kappa shape index (κ3) is 3.21. The second-order valence-electron chi connectivity index (χ2n) is 7.32. The minimum Gasteiger partial charge on any atom is -0.381 e. The van der Waals surface area contributed by atoms with Gasteiger partial charge in [0.05, 0.1) is 11.7 Å². The summed E-state index contributed by atoms with van der Waals surface area (Å²) in [6.07, 6.45) is 9.04. The van der Waals surface area contributed by atoms with Gasteiger partial charge < -0.3 is 20.9 Å². The van der Waals surface area contributed by atoms with Gasteiger partial charge in [0.2, 0.25) is 0 Å². The van der Waals surface area contributed by atoms with Crippen molar-refractivity contribution in [2.75, 3.05) is 17.6 Å². The molecule has 1 atom stereocenters. The summed E-state index contributed by atoms with van der Waals surface area (Å²) in [5, 5.41) is 13.9. The lowest BCUT2D eigenvalue weighted by Crippen LogP contribution is -2.33. The van der Waals surface area contributed by atoms with Gasteiger partial charge in [-0.2, -0.15) is 4.98 Å². The molecule has 1 aliphatic heterocycles. The largest absolute Gasteiger partial charge is 0.381 e. The highest BCUT2D eigenvalue weighted by atomic mass is 16.5. The Morgan fingerprint density at radius 3 is 2.91 bits per heavy atom. The summed E-state index contributed by atoms with van der Waals surface area (Å²) in [6.45, 7) is 2.23. The van der Waals surface area contributed by atoms with Crippen molar-refractivity contribution in [1.82, 2.24) is 29.8 Å². The number of nitrogens with zero attached hydrogens (tertiary/aromatic N) is 5. The number of hydrogen-bond acceptors (Lipinski definition) is 8. The Morgan fingerprint density at radius 2 is 2.15 bits per heavy atom. The normalized spacial score (nSPS) is 13.2. The van der Waals surface area contributed by atoms with Crippen LogP contribution >= 0.6 is 0 Å². The highest BCUT2D eigenvalue weighted by molar-refractivity contribution is 6.04. The monoisotopic (exact) mass is 442 g/mol. The van der Waals surface area contributed by atoms with Crippen LogP contribution in [0.2, 0.25) is 0 Å². The molecule has 11 nitrogen and oxygen atoms in total. The maximum Gasteiger partial charge on any atom is 0.272 e. The summed E-state index contributed by atoms with van der Waals surface area (Å²) < 4.78 is 8.07. The number of anilines is 2. The fourth-order valence-corrected chi connectivity index (χ4v) is 3.73. The fraction of sp³-hybridized carbons (Fsp3) is 0.136. The van der Waals surface area contributed by atoms with Crippen LogP contribution in [0.3, 0.4) is 0 Å². The molecule has 0 fully saturated rings. The predicted molar refractivity (Wildman–Crippen MR) is 122 cm³/mol. The van der Waals surface area contributed by atoms with Crippen LogP contribution in [0, 0.1) is 12.3 Å². The molecule has 4 N–H and O–H groups in total. The topological polar surface area (TPSA) is 146 Å². The number of benzene rings is 1. The average Bonchev–Trinajstić information content (AvgIpc) is 3.39. The van der Waals surface area contributed by atoms with Gasteiger partial charge in [-0.3, -0.25) is 14.2 Å². The Balaban J connectivity index is 1.61. The van der Waals surface area contributed by atoms with E-state index in [0.717, 1.165) is 0 Å². The van der Waals surface area contributed by atoms with Crippen molar-refractivity contribution in [3.63, 3.8) is 0 Å². The Labute approximate surface area is 186 Å². The van der Waals surface area contributed by atoms with Crippen LogP contribution in [0.5, 0.6) is 0 Å². The van der Waals surface area contributed by atoms with Crippen molar-refractivity contribution in [2.45, 2.75) is 13.0 Å². The first-order chi connectivity index (χ1) is 16.0. The van der Waals surface area contributed by atoms with Crippen LogP contribution in [0.4, 0.5) is 11.6 Å².